The third-order valence-corrected chi connectivity index (χ3v) is 8.90. The Balaban J connectivity index is 1.43. The second kappa shape index (κ2) is 10.3. The molecule has 4 atom stereocenters. The van der Waals surface area contributed by atoms with Crippen molar-refractivity contribution in [3.8, 4) is 23.3 Å². The molecule has 2 aliphatic rings. The quantitative estimate of drug-likeness (QED) is 0.234. The molecule has 2 heterocycles. The number of benzene rings is 5. The summed E-state index contributed by atoms with van der Waals surface area (Å²) in [7, 11) is 1.61. The summed E-state index contributed by atoms with van der Waals surface area (Å²) in [6.07, 6.45) is -1.57. The first-order valence-electron chi connectivity index (χ1n) is 14.5. The molecule has 6 heteroatoms. The van der Waals surface area contributed by atoms with Gasteiger partial charge in [-0.05, 0) is 66.4 Å². The SMILES string of the molecule is COc1ccc(C2Oc3cc4c(cc3C2(O)c2ccc(C)cc2)C(O)(c2ccc(C)cc2)C(c2ccc(C#N)cc2)O4)cc1. The summed E-state index contributed by atoms with van der Waals surface area (Å²) in [4.78, 5) is 0. The molecule has 2 N–H and O–H groups in total. The number of ether oxygens (including phenoxy) is 3. The van der Waals surface area contributed by atoms with E-state index < -0.39 is 23.4 Å². The van der Waals surface area contributed by atoms with Gasteiger partial charge in [0.15, 0.2) is 23.4 Å². The molecule has 0 saturated heterocycles. The summed E-state index contributed by atoms with van der Waals surface area (Å²) in [5.74, 6) is 1.63. The van der Waals surface area contributed by atoms with Crippen molar-refractivity contribution in [1.82, 2.24) is 0 Å². The highest BCUT2D eigenvalue weighted by Gasteiger charge is 2.55. The summed E-state index contributed by atoms with van der Waals surface area (Å²) in [6, 6.07) is 35.8. The van der Waals surface area contributed by atoms with Gasteiger partial charge < -0.3 is 24.4 Å². The van der Waals surface area contributed by atoms with Gasteiger partial charge in [-0.15, -0.1) is 0 Å². The Hall–Kier alpha value is -5.09. The van der Waals surface area contributed by atoms with Crippen LogP contribution in [0.15, 0.2) is 109 Å². The standard InChI is InChI=1S/C38H31NO5/c1-23-4-14-28(15-5-23)37(40)31-20-32-34(21-33(31)43-35(37)26-10-8-25(22-39)9-11-26)44-36(27-12-18-30(42-3)19-13-27)38(32,41)29-16-6-24(2)7-17-29/h4-21,35-36,40-41H,1-3H3. The predicted octanol–water partition coefficient (Wildman–Crippen LogP) is 6.92. The third kappa shape index (κ3) is 4.16. The highest BCUT2D eigenvalue weighted by Crippen LogP contribution is 2.59. The van der Waals surface area contributed by atoms with E-state index in [1.807, 2.05) is 92.7 Å². The van der Waals surface area contributed by atoms with Crippen LogP contribution in [0.3, 0.4) is 0 Å². The van der Waals surface area contributed by atoms with Crippen molar-refractivity contribution < 1.29 is 24.4 Å². The fourth-order valence-electron chi connectivity index (χ4n) is 6.42. The van der Waals surface area contributed by atoms with E-state index in [0.29, 0.717) is 50.6 Å². The molecule has 5 aromatic rings. The van der Waals surface area contributed by atoms with E-state index >= 15 is 0 Å². The number of aryl methyl sites for hydroxylation is 2. The molecule has 0 bridgehead atoms. The van der Waals surface area contributed by atoms with E-state index in [0.717, 1.165) is 16.7 Å². The maximum Gasteiger partial charge on any atom is 0.161 e. The molecule has 218 valence electrons. The van der Waals surface area contributed by atoms with Crippen LogP contribution in [0.4, 0.5) is 0 Å². The molecule has 0 radical (unpaired) electrons. The van der Waals surface area contributed by atoms with Crippen LogP contribution >= 0.6 is 0 Å². The lowest BCUT2D eigenvalue weighted by Crippen LogP contribution is -2.34. The van der Waals surface area contributed by atoms with Crippen LogP contribution in [0.5, 0.6) is 17.2 Å². The van der Waals surface area contributed by atoms with Crippen molar-refractivity contribution in [2.24, 2.45) is 0 Å². The van der Waals surface area contributed by atoms with E-state index in [2.05, 4.69) is 6.07 Å². The van der Waals surface area contributed by atoms with Gasteiger partial charge in [0.1, 0.15) is 17.2 Å². The Labute approximate surface area is 256 Å². The maximum atomic E-state index is 12.8. The van der Waals surface area contributed by atoms with Crippen LogP contribution in [0.2, 0.25) is 0 Å². The van der Waals surface area contributed by atoms with Crippen molar-refractivity contribution in [3.63, 3.8) is 0 Å². The zero-order valence-electron chi connectivity index (χ0n) is 24.6. The molecule has 4 unspecified atom stereocenters. The van der Waals surface area contributed by atoms with E-state index in [9.17, 15) is 15.5 Å². The molecule has 0 spiro atoms. The second-order valence-electron chi connectivity index (χ2n) is 11.6. The van der Waals surface area contributed by atoms with Gasteiger partial charge in [-0.1, -0.05) is 83.9 Å². The first-order valence-corrected chi connectivity index (χ1v) is 14.5. The van der Waals surface area contributed by atoms with Crippen LogP contribution < -0.4 is 14.2 Å². The van der Waals surface area contributed by atoms with Crippen LogP contribution in [0.25, 0.3) is 0 Å². The Kier molecular flexibility index (Phi) is 6.47. The fraction of sp³-hybridized carbons (Fsp3) is 0.184. The highest BCUT2D eigenvalue weighted by atomic mass is 16.5. The summed E-state index contributed by atoms with van der Waals surface area (Å²) >= 11 is 0. The number of nitriles is 1. The summed E-state index contributed by atoms with van der Waals surface area (Å²) in [5.41, 5.74) is 3.35. The van der Waals surface area contributed by atoms with Gasteiger partial charge in [0.2, 0.25) is 0 Å². The van der Waals surface area contributed by atoms with Gasteiger partial charge in [-0.25, -0.2) is 0 Å². The van der Waals surface area contributed by atoms with Crippen molar-refractivity contribution in [2.45, 2.75) is 37.3 Å². The normalized spacial score (nSPS) is 23.2. The molecular weight excluding hydrogens is 550 g/mol. The monoisotopic (exact) mass is 581 g/mol. The van der Waals surface area contributed by atoms with Crippen molar-refractivity contribution in [2.75, 3.05) is 7.11 Å². The summed E-state index contributed by atoms with van der Waals surface area (Å²) in [6.45, 7) is 4.00. The van der Waals surface area contributed by atoms with Crippen LogP contribution in [-0.2, 0) is 11.2 Å². The number of aliphatic hydroxyl groups is 2. The minimum atomic E-state index is -1.60. The third-order valence-electron chi connectivity index (χ3n) is 8.90. The lowest BCUT2D eigenvalue weighted by atomic mass is 9.76. The molecule has 0 saturated carbocycles. The molecule has 44 heavy (non-hydrogen) atoms. The van der Waals surface area contributed by atoms with Crippen LogP contribution in [0, 0.1) is 25.2 Å². The molecule has 7 rings (SSSR count). The Bertz CT molecular complexity index is 1890. The zero-order chi connectivity index (χ0) is 30.6. The predicted molar refractivity (Wildman–Crippen MR) is 166 cm³/mol. The van der Waals surface area contributed by atoms with E-state index in [1.165, 1.54) is 0 Å². The van der Waals surface area contributed by atoms with E-state index in [1.54, 1.807) is 37.4 Å². The topological polar surface area (TPSA) is 91.9 Å². The van der Waals surface area contributed by atoms with Gasteiger partial charge in [-0.3, -0.25) is 0 Å². The Morgan fingerprint density at radius 3 is 1.48 bits per heavy atom. The second-order valence-corrected chi connectivity index (χ2v) is 11.6. The van der Waals surface area contributed by atoms with Crippen molar-refractivity contribution >= 4 is 0 Å². The van der Waals surface area contributed by atoms with Crippen molar-refractivity contribution in [1.29, 1.82) is 5.26 Å². The Morgan fingerprint density at radius 2 is 1.07 bits per heavy atom. The lowest BCUT2D eigenvalue weighted by Gasteiger charge is -2.32. The lowest BCUT2D eigenvalue weighted by molar-refractivity contribution is -0.0118. The number of rotatable bonds is 5. The van der Waals surface area contributed by atoms with Gasteiger partial charge in [0, 0.05) is 17.2 Å². The first-order chi connectivity index (χ1) is 21.2. The molecular formula is C38H31NO5. The molecule has 2 aliphatic heterocycles. The molecule has 5 aromatic carbocycles. The number of hydrogen-bond donors (Lipinski definition) is 2. The van der Waals surface area contributed by atoms with Gasteiger partial charge in [0.05, 0.1) is 18.7 Å². The maximum absolute atomic E-state index is 12.8. The molecule has 0 aliphatic carbocycles. The first kappa shape index (κ1) is 27.7. The average molecular weight is 582 g/mol. The Morgan fingerprint density at radius 1 is 0.636 bits per heavy atom. The minimum absolute atomic E-state index is 0.461. The van der Waals surface area contributed by atoms with E-state index in [4.69, 9.17) is 14.2 Å². The largest absolute Gasteiger partial charge is 0.497 e. The number of fused-ring (bicyclic) bond motifs is 2. The number of hydrogen-bond acceptors (Lipinski definition) is 6. The molecule has 0 fully saturated rings. The van der Waals surface area contributed by atoms with Crippen LogP contribution in [-0.4, -0.2) is 17.3 Å². The zero-order valence-corrected chi connectivity index (χ0v) is 24.6. The van der Waals surface area contributed by atoms with Gasteiger partial charge >= 0.3 is 0 Å². The van der Waals surface area contributed by atoms with E-state index in [-0.39, 0.29) is 0 Å². The molecule has 6 nitrogen and oxygen atoms in total. The molecule has 0 amide bonds. The highest BCUT2D eigenvalue weighted by molar-refractivity contribution is 5.62. The van der Waals surface area contributed by atoms with Gasteiger partial charge in [-0.2, -0.15) is 5.26 Å². The number of methoxy groups -OCH3 is 1. The van der Waals surface area contributed by atoms with Crippen LogP contribution in [0.1, 0.15) is 62.3 Å². The average Bonchev–Trinajstić information content (AvgIpc) is 3.52. The number of nitrogens with zero attached hydrogens (tertiary/aromatic N) is 1. The van der Waals surface area contributed by atoms with Gasteiger partial charge in [0.25, 0.3) is 0 Å². The summed E-state index contributed by atoms with van der Waals surface area (Å²) < 4.78 is 18.5. The summed E-state index contributed by atoms with van der Waals surface area (Å²) in [5, 5.41) is 34.9. The smallest absolute Gasteiger partial charge is 0.161 e. The minimum Gasteiger partial charge on any atom is -0.497 e. The van der Waals surface area contributed by atoms with Crippen molar-refractivity contribution in [3.05, 3.63) is 159 Å². The molecule has 0 aromatic heterocycles. The fourth-order valence-corrected chi connectivity index (χ4v) is 6.42.